The highest BCUT2D eigenvalue weighted by Crippen LogP contribution is 2.23. The highest BCUT2D eigenvalue weighted by atomic mass is 35.5. The standard InChI is InChI=1S/C17H17Cl2NO2S/c1-12-4-2-5-13(10-12)11-23(22)9-8-20-17(21)16-14(18)6-3-7-15(16)19/h2-7,10H,8-9,11H2,1H3,(H,20,21). The lowest BCUT2D eigenvalue weighted by molar-refractivity contribution is 0.0956. The maximum Gasteiger partial charge on any atom is 0.254 e. The summed E-state index contributed by atoms with van der Waals surface area (Å²) >= 11 is 12.0. The van der Waals surface area contributed by atoms with Crippen LogP contribution >= 0.6 is 23.2 Å². The van der Waals surface area contributed by atoms with Crippen LogP contribution in [-0.2, 0) is 16.6 Å². The third-order valence-corrected chi connectivity index (χ3v) is 5.16. The van der Waals surface area contributed by atoms with Crippen LogP contribution in [0.4, 0.5) is 0 Å². The Balaban J connectivity index is 1.85. The van der Waals surface area contributed by atoms with Crippen molar-refractivity contribution in [1.29, 1.82) is 0 Å². The van der Waals surface area contributed by atoms with Crippen LogP contribution in [0.15, 0.2) is 42.5 Å². The lowest BCUT2D eigenvalue weighted by Gasteiger charge is -2.08. The topological polar surface area (TPSA) is 46.2 Å². The molecule has 0 aliphatic heterocycles. The van der Waals surface area contributed by atoms with Gasteiger partial charge in [0.1, 0.15) is 0 Å². The van der Waals surface area contributed by atoms with Gasteiger partial charge in [0.05, 0.1) is 15.6 Å². The third kappa shape index (κ3) is 5.34. The minimum atomic E-state index is -1.04. The molecule has 1 amide bonds. The Kier molecular flexibility index (Phi) is 6.63. The normalized spacial score (nSPS) is 12.0. The van der Waals surface area contributed by atoms with E-state index in [1.54, 1.807) is 18.2 Å². The molecule has 0 spiro atoms. The van der Waals surface area contributed by atoms with Crippen molar-refractivity contribution in [1.82, 2.24) is 5.32 Å². The Labute approximate surface area is 148 Å². The molecule has 3 nitrogen and oxygen atoms in total. The molecule has 0 fully saturated rings. The second-order valence-corrected chi connectivity index (χ2v) is 7.52. The second-order valence-electron chi connectivity index (χ2n) is 5.13. The number of halogens is 2. The van der Waals surface area contributed by atoms with Gasteiger partial charge in [-0.05, 0) is 24.6 Å². The van der Waals surface area contributed by atoms with Crippen LogP contribution in [-0.4, -0.2) is 22.4 Å². The van der Waals surface area contributed by atoms with Crippen LogP contribution in [0.25, 0.3) is 0 Å². The maximum atomic E-state index is 12.1. The van der Waals surface area contributed by atoms with Crippen molar-refractivity contribution in [2.24, 2.45) is 0 Å². The van der Waals surface area contributed by atoms with E-state index in [-0.39, 0.29) is 11.5 Å². The SMILES string of the molecule is Cc1cccc(CS(=O)CCNC(=O)c2c(Cl)cccc2Cl)c1. The van der Waals surface area contributed by atoms with Crippen molar-refractivity contribution in [2.45, 2.75) is 12.7 Å². The minimum Gasteiger partial charge on any atom is -0.351 e. The molecule has 0 bridgehead atoms. The quantitative estimate of drug-likeness (QED) is 0.836. The fourth-order valence-electron chi connectivity index (χ4n) is 2.14. The predicted octanol–water partition coefficient (Wildman–Crippen LogP) is 3.98. The number of nitrogens with one attached hydrogen (secondary N) is 1. The van der Waals surface area contributed by atoms with Crippen molar-refractivity contribution in [3.05, 3.63) is 69.2 Å². The van der Waals surface area contributed by atoms with Gasteiger partial charge < -0.3 is 5.32 Å². The largest absolute Gasteiger partial charge is 0.351 e. The summed E-state index contributed by atoms with van der Waals surface area (Å²) in [6.07, 6.45) is 0. The van der Waals surface area contributed by atoms with E-state index < -0.39 is 10.8 Å². The number of hydrogen-bond donors (Lipinski definition) is 1. The molecule has 2 aromatic rings. The molecule has 1 unspecified atom stereocenters. The minimum absolute atomic E-state index is 0.250. The molecule has 23 heavy (non-hydrogen) atoms. The fraction of sp³-hybridized carbons (Fsp3) is 0.235. The molecule has 122 valence electrons. The summed E-state index contributed by atoms with van der Waals surface area (Å²) in [6, 6.07) is 12.8. The first-order chi connectivity index (χ1) is 11.0. The van der Waals surface area contributed by atoms with Crippen molar-refractivity contribution in [3.8, 4) is 0 Å². The van der Waals surface area contributed by atoms with Crippen LogP contribution in [0.5, 0.6) is 0 Å². The Morgan fingerprint density at radius 2 is 1.78 bits per heavy atom. The molecule has 0 saturated carbocycles. The van der Waals surface area contributed by atoms with Gasteiger partial charge in [-0.25, -0.2) is 0 Å². The molecule has 1 atom stereocenters. The number of carbonyl (C=O) groups excluding carboxylic acids is 1. The summed E-state index contributed by atoms with van der Waals surface area (Å²) < 4.78 is 12.1. The maximum absolute atomic E-state index is 12.1. The van der Waals surface area contributed by atoms with Crippen LogP contribution < -0.4 is 5.32 Å². The number of hydrogen-bond acceptors (Lipinski definition) is 2. The number of aryl methyl sites for hydroxylation is 1. The van der Waals surface area contributed by atoms with Crippen LogP contribution in [0.3, 0.4) is 0 Å². The Bertz CT molecular complexity index is 714. The van der Waals surface area contributed by atoms with Crippen molar-refractivity contribution in [2.75, 3.05) is 12.3 Å². The van der Waals surface area contributed by atoms with E-state index in [2.05, 4.69) is 5.32 Å². The van der Waals surface area contributed by atoms with Crippen molar-refractivity contribution < 1.29 is 9.00 Å². The summed E-state index contributed by atoms with van der Waals surface area (Å²) in [4.78, 5) is 12.1. The smallest absolute Gasteiger partial charge is 0.254 e. The molecule has 0 aliphatic carbocycles. The van der Waals surface area contributed by atoms with Gasteiger partial charge in [-0.2, -0.15) is 0 Å². The molecule has 2 aromatic carbocycles. The summed E-state index contributed by atoms with van der Waals surface area (Å²) in [5.74, 6) is 0.500. The lowest BCUT2D eigenvalue weighted by atomic mass is 10.2. The monoisotopic (exact) mass is 369 g/mol. The van der Waals surface area contributed by atoms with Gasteiger partial charge in [-0.1, -0.05) is 59.1 Å². The molecule has 0 heterocycles. The zero-order valence-electron chi connectivity index (χ0n) is 12.6. The number of benzene rings is 2. The lowest BCUT2D eigenvalue weighted by Crippen LogP contribution is -2.28. The fourth-order valence-corrected chi connectivity index (χ4v) is 3.74. The van der Waals surface area contributed by atoms with E-state index in [0.717, 1.165) is 11.1 Å². The average Bonchev–Trinajstić information content (AvgIpc) is 2.47. The van der Waals surface area contributed by atoms with Gasteiger partial charge in [0.25, 0.3) is 5.91 Å². The van der Waals surface area contributed by atoms with Gasteiger partial charge in [0, 0.05) is 28.9 Å². The van der Waals surface area contributed by atoms with Gasteiger partial charge >= 0.3 is 0 Å². The Morgan fingerprint density at radius 1 is 1.13 bits per heavy atom. The highest BCUT2D eigenvalue weighted by Gasteiger charge is 2.14. The van der Waals surface area contributed by atoms with E-state index in [1.807, 2.05) is 31.2 Å². The summed E-state index contributed by atoms with van der Waals surface area (Å²) in [5.41, 5.74) is 2.42. The molecular weight excluding hydrogens is 353 g/mol. The predicted molar refractivity (Wildman–Crippen MR) is 96.7 cm³/mol. The first-order valence-electron chi connectivity index (χ1n) is 7.10. The van der Waals surface area contributed by atoms with E-state index >= 15 is 0 Å². The number of amides is 1. The summed E-state index contributed by atoms with van der Waals surface area (Å²) in [6.45, 7) is 2.30. The second kappa shape index (κ2) is 8.48. The van der Waals surface area contributed by atoms with E-state index in [4.69, 9.17) is 23.2 Å². The molecule has 6 heteroatoms. The summed E-state index contributed by atoms with van der Waals surface area (Å²) in [5, 5.41) is 3.31. The first-order valence-corrected chi connectivity index (χ1v) is 9.34. The summed E-state index contributed by atoms with van der Waals surface area (Å²) in [7, 11) is -1.04. The first kappa shape index (κ1) is 18.0. The Hall–Kier alpha value is -1.36. The van der Waals surface area contributed by atoms with Gasteiger partial charge in [0.2, 0.25) is 0 Å². The van der Waals surface area contributed by atoms with Crippen LogP contribution in [0.1, 0.15) is 21.5 Å². The molecule has 0 radical (unpaired) electrons. The third-order valence-electron chi connectivity index (χ3n) is 3.22. The average molecular weight is 370 g/mol. The van der Waals surface area contributed by atoms with Crippen LogP contribution in [0, 0.1) is 6.92 Å². The molecule has 1 N–H and O–H groups in total. The van der Waals surface area contributed by atoms with E-state index in [0.29, 0.717) is 28.1 Å². The zero-order chi connectivity index (χ0) is 16.8. The molecule has 0 aliphatic rings. The Morgan fingerprint density at radius 3 is 2.43 bits per heavy atom. The van der Waals surface area contributed by atoms with Crippen molar-refractivity contribution >= 4 is 39.9 Å². The highest BCUT2D eigenvalue weighted by molar-refractivity contribution is 7.84. The molecule has 0 aromatic heterocycles. The van der Waals surface area contributed by atoms with E-state index in [1.165, 1.54) is 0 Å². The molecule has 0 saturated heterocycles. The van der Waals surface area contributed by atoms with Gasteiger partial charge in [-0.15, -0.1) is 0 Å². The van der Waals surface area contributed by atoms with Gasteiger partial charge in [-0.3, -0.25) is 9.00 Å². The van der Waals surface area contributed by atoms with E-state index in [9.17, 15) is 9.00 Å². The van der Waals surface area contributed by atoms with Crippen LogP contribution in [0.2, 0.25) is 10.0 Å². The molecule has 2 rings (SSSR count). The zero-order valence-corrected chi connectivity index (χ0v) is 15.0. The number of carbonyl (C=O) groups is 1. The van der Waals surface area contributed by atoms with Crippen molar-refractivity contribution in [3.63, 3.8) is 0 Å². The van der Waals surface area contributed by atoms with Gasteiger partial charge in [0.15, 0.2) is 0 Å². The molecular formula is C17H17Cl2NO2S. The number of rotatable bonds is 6.